The van der Waals surface area contributed by atoms with Gasteiger partial charge in [-0.1, -0.05) is 49.1 Å². The van der Waals surface area contributed by atoms with Crippen LogP contribution in [-0.2, 0) is 14.4 Å². The quantitative estimate of drug-likeness (QED) is 0.553. The minimum absolute atomic E-state index is 0.00491. The van der Waals surface area contributed by atoms with Crippen LogP contribution < -0.4 is 16.2 Å². The molecule has 1 aromatic carbocycles. The Bertz CT molecular complexity index is 655. The van der Waals surface area contributed by atoms with E-state index in [1.807, 2.05) is 0 Å². The van der Waals surface area contributed by atoms with Crippen LogP contribution >= 0.6 is 11.6 Å². The van der Waals surface area contributed by atoms with Crippen molar-refractivity contribution in [3.8, 4) is 0 Å². The summed E-state index contributed by atoms with van der Waals surface area (Å²) in [4.78, 5) is 35.3. The lowest BCUT2D eigenvalue weighted by Gasteiger charge is -2.20. The van der Waals surface area contributed by atoms with Gasteiger partial charge in [-0.05, 0) is 30.5 Å². The third-order valence-electron chi connectivity index (χ3n) is 4.04. The van der Waals surface area contributed by atoms with E-state index in [1.165, 1.54) is 6.08 Å². The van der Waals surface area contributed by atoms with Crippen molar-refractivity contribution in [1.29, 1.82) is 0 Å². The number of amides is 3. The van der Waals surface area contributed by atoms with Gasteiger partial charge in [-0.2, -0.15) is 0 Å². The van der Waals surface area contributed by atoms with E-state index in [9.17, 15) is 14.4 Å². The lowest BCUT2D eigenvalue weighted by atomic mass is 9.89. The number of hydrogen-bond acceptors (Lipinski definition) is 3. The van der Waals surface area contributed by atoms with E-state index in [2.05, 4.69) is 16.2 Å². The largest absolute Gasteiger partial charge is 0.347 e. The standard InChI is InChI=1S/C18H22ClN3O3/c19-15-9-5-4-6-13(15)10-11-16(23)21-22-17(24)12-20-18(25)14-7-2-1-3-8-14/h4-6,9-11,14H,1-3,7-8,12H2,(H,20,25)(H,21,23)(H,22,24). The molecule has 0 unspecified atom stereocenters. The van der Waals surface area contributed by atoms with Gasteiger partial charge in [0.2, 0.25) is 5.91 Å². The molecule has 3 amide bonds. The topological polar surface area (TPSA) is 87.3 Å². The molecule has 0 aromatic heterocycles. The molecule has 25 heavy (non-hydrogen) atoms. The number of hydrazine groups is 1. The summed E-state index contributed by atoms with van der Waals surface area (Å²) in [6, 6.07) is 7.09. The molecule has 0 spiro atoms. The highest BCUT2D eigenvalue weighted by Gasteiger charge is 2.21. The Balaban J connectivity index is 1.68. The lowest BCUT2D eigenvalue weighted by Crippen LogP contribution is -2.46. The van der Waals surface area contributed by atoms with Crippen LogP contribution in [0.4, 0.5) is 0 Å². The molecular formula is C18H22ClN3O3. The van der Waals surface area contributed by atoms with Crippen molar-refractivity contribution < 1.29 is 14.4 Å². The maximum atomic E-state index is 11.9. The number of halogens is 1. The van der Waals surface area contributed by atoms with Crippen LogP contribution in [-0.4, -0.2) is 24.3 Å². The summed E-state index contributed by atoms with van der Waals surface area (Å²) < 4.78 is 0. The molecule has 0 atom stereocenters. The highest BCUT2D eigenvalue weighted by molar-refractivity contribution is 6.32. The minimum Gasteiger partial charge on any atom is -0.347 e. The van der Waals surface area contributed by atoms with Crippen molar-refractivity contribution in [3.63, 3.8) is 0 Å². The monoisotopic (exact) mass is 363 g/mol. The van der Waals surface area contributed by atoms with Gasteiger partial charge in [0.1, 0.15) is 0 Å². The van der Waals surface area contributed by atoms with Crippen LogP contribution in [0.5, 0.6) is 0 Å². The van der Waals surface area contributed by atoms with Gasteiger partial charge >= 0.3 is 0 Å². The van der Waals surface area contributed by atoms with Crippen LogP contribution in [0.2, 0.25) is 5.02 Å². The summed E-state index contributed by atoms with van der Waals surface area (Å²) in [6.45, 7) is -0.163. The molecular weight excluding hydrogens is 342 g/mol. The Morgan fingerprint density at radius 3 is 2.52 bits per heavy atom. The zero-order valence-corrected chi connectivity index (χ0v) is 14.6. The van der Waals surface area contributed by atoms with Crippen LogP contribution in [0, 0.1) is 5.92 Å². The molecule has 134 valence electrons. The van der Waals surface area contributed by atoms with Gasteiger partial charge < -0.3 is 5.32 Å². The Morgan fingerprint density at radius 2 is 1.80 bits per heavy atom. The van der Waals surface area contributed by atoms with E-state index < -0.39 is 11.8 Å². The van der Waals surface area contributed by atoms with Crippen molar-refractivity contribution >= 4 is 35.4 Å². The molecule has 1 fully saturated rings. The highest BCUT2D eigenvalue weighted by atomic mass is 35.5. The molecule has 2 rings (SSSR count). The average Bonchev–Trinajstić information content (AvgIpc) is 2.64. The fourth-order valence-corrected chi connectivity index (χ4v) is 2.87. The molecule has 7 heteroatoms. The molecule has 1 saturated carbocycles. The first-order chi connectivity index (χ1) is 12.1. The van der Waals surface area contributed by atoms with Crippen molar-refractivity contribution in [2.75, 3.05) is 6.54 Å². The van der Waals surface area contributed by atoms with Crippen molar-refractivity contribution in [1.82, 2.24) is 16.2 Å². The number of carbonyl (C=O) groups excluding carboxylic acids is 3. The van der Waals surface area contributed by atoms with E-state index in [0.717, 1.165) is 32.1 Å². The van der Waals surface area contributed by atoms with Gasteiger partial charge in [-0.3, -0.25) is 25.2 Å². The molecule has 0 heterocycles. The highest BCUT2D eigenvalue weighted by Crippen LogP contribution is 2.23. The van der Waals surface area contributed by atoms with Crippen LogP contribution in [0.25, 0.3) is 6.08 Å². The van der Waals surface area contributed by atoms with Gasteiger partial charge in [-0.15, -0.1) is 0 Å². The van der Waals surface area contributed by atoms with E-state index in [1.54, 1.807) is 30.3 Å². The fraction of sp³-hybridized carbons (Fsp3) is 0.389. The first-order valence-corrected chi connectivity index (χ1v) is 8.73. The average molecular weight is 364 g/mol. The summed E-state index contributed by atoms with van der Waals surface area (Å²) in [5.41, 5.74) is 5.21. The number of carbonyl (C=O) groups is 3. The molecule has 3 N–H and O–H groups in total. The number of benzene rings is 1. The molecule has 1 aliphatic carbocycles. The Morgan fingerprint density at radius 1 is 1.08 bits per heavy atom. The summed E-state index contributed by atoms with van der Waals surface area (Å²) in [6.07, 6.45) is 7.83. The van der Waals surface area contributed by atoms with Gasteiger partial charge in [0, 0.05) is 17.0 Å². The smallest absolute Gasteiger partial charge is 0.262 e. The SMILES string of the molecule is O=C(C=Cc1ccccc1Cl)NNC(=O)CNC(=O)C1CCCCC1. The lowest BCUT2D eigenvalue weighted by molar-refractivity contribution is -0.130. The predicted molar refractivity (Wildman–Crippen MR) is 96.4 cm³/mol. The second-order valence-electron chi connectivity index (χ2n) is 5.95. The fourth-order valence-electron chi connectivity index (χ4n) is 2.67. The van der Waals surface area contributed by atoms with Gasteiger partial charge in [0.15, 0.2) is 0 Å². The zero-order chi connectivity index (χ0) is 18.1. The van der Waals surface area contributed by atoms with Gasteiger partial charge in [0.25, 0.3) is 11.8 Å². The number of rotatable bonds is 5. The normalized spacial score (nSPS) is 14.9. The Hall–Kier alpha value is -2.34. The van der Waals surface area contributed by atoms with E-state index in [4.69, 9.17) is 11.6 Å². The number of nitrogens with one attached hydrogen (secondary N) is 3. The van der Waals surface area contributed by atoms with Crippen molar-refractivity contribution in [3.05, 3.63) is 40.9 Å². The van der Waals surface area contributed by atoms with Gasteiger partial charge in [0.05, 0.1) is 6.54 Å². The summed E-state index contributed by atoms with van der Waals surface area (Å²) in [7, 11) is 0. The third kappa shape index (κ3) is 6.58. The Labute approximate surface area is 152 Å². The second-order valence-corrected chi connectivity index (χ2v) is 6.35. The number of hydrogen-bond donors (Lipinski definition) is 3. The minimum atomic E-state index is -0.494. The predicted octanol–water partition coefficient (Wildman–Crippen LogP) is 2.20. The first kappa shape index (κ1) is 19.0. The van der Waals surface area contributed by atoms with Crippen molar-refractivity contribution in [2.45, 2.75) is 32.1 Å². The summed E-state index contributed by atoms with van der Waals surface area (Å²) in [5.74, 6) is -1.08. The van der Waals surface area contributed by atoms with Crippen LogP contribution in [0.1, 0.15) is 37.7 Å². The van der Waals surface area contributed by atoms with Crippen molar-refractivity contribution in [2.24, 2.45) is 5.92 Å². The maximum Gasteiger partial charge on any atom is 0.262 e. The molecule has 0 saturated heterocycles. The zero-order valence-electron chi connectivity index (χ0n) is 13.9. The molecule has 1 aromatic rings. The second kappa shape index (κ2) is 9.84. The molecule has 0 bridgehead atoms. The van der Waals surface area contributed by atoms with E-state index in [-0.39, 0.29) is 18.4 Å². The third-order valence-corrected chi connectivity index (χ3v) is 4.39. The summed E-state index contributed by atoms with van der Waals surface area (Å²) in [5, 5.41) is 3.13. The summed E-state index contributed by atoms with van der Waals surface area (Å²) >= 11 is 5.98. The molecule has 1 aliphatic rings. The van der Waals surface area contributed by atoms with E-state index in [0.29, 0.717) is 10.6 Å². The molecule has 6 nitrogen and oxygen atoms in total. The Kier molecular flexibility index (Phi) is 7.47. The maximum absolute atomic E-state index is 11.9. The van der Waals surface area contributed by atoms with Crippen LogP contribution in [0.15, 0.2) is 30.3 Å². The van der Waals surface area contributed by atoms with Crippen LogP contribution in [0.3, 0.4) is 0 Å². The van der Waals surface area contributed by atoms with E-state index >= 15 is 0 Å². The first-order valence-electron chi connectivity index (χ1n) is 8.35. The molecule has 0 aliphatic heterocycles. The molecule has 0 radical (unpaired) electrons. The van der Waals surface area contributed by atoms with Gasteiger partial charge in [-0.25, -0.2) is 0 Å².